The second-order valence-corrected chi connectivity index (χ2v) is 11.2. The molecule has 0 atom stereocenters. The SMILES string of the molecule is COc1ccc(C(=O)OOc2ccc(C(=O)OCc3ccccc3)cc2)cc1C12CC3CC(CC(C3)C1)C2. The maximum absolute atomic E-state index is 12.9. The van der Waals surface area contributed by atoms with Gasteiger partial charge in [-0.15, -0.1) is 0 Å². The molecule has 3 aromatic rings. The van der Waals surface area contributed by atoms with Gasteiger partial charge in [0.2, 0.25) is 0 Å². The van der Waals surface area contributed by atoms with Crippen LogP contribution in [0.3, 0.4) is 0 Å². The predicted molar refractivity (Wildman–Crippen MR) is 141 cm³/mol. The lowest BCUT2D eigenvalue weighted by Gasteiger charge is -2.57. The highest BCUT2D eigenvalue weighted by Gasteiger charge is 2.52. The van der Waals surface area contributed by atoms with Gasteiger partial charge in [-0.2, -0.15) is 0 Å². The van der Waals surface area contributed by atoms with E-state index >= 15 is 0 Å². The largest absolute Gasteiger partial charge is 0.496 e. The van der Waals surface area contributed by atoms with Crippen molar-refractivity contribution in [3.05, 3.63) is 95.1 Å². The molecule has 0 N–H and O–H groups in total. The third-order valence-corrected chi connectivity index (χ3v) is 8.56. The Hall–Kier alpha value is -3.80. The summed E-state index contributed by atoms with van der Waals surface area (Å²) in [6.07, 6.45) is 7.56. The van der Waals surface area contributed by atoms with Gasteiger partial charge in [-0.3, -0.25) is 4.89 Å². The zero-order chi connectivity index (χ0) is 26.1. The van der Waals surface area contributed by atoms with Crippen molar-refractivity contribution in [1.82, 2.24) is 0 Å². The van der Waals surface area contributed by atoms with E-state index < -0.39 is 11.9 Å². The quantitative estimate of drug-likeness (QED) is 0.191. The highest BCUT2D eigenvalue weighted by Crippen LogP contribution is 2.61. The molecule has 6 heteroatoms. The van der Waals surface area contributed by atoms with Crippen LogP contribution in [-0.4, -0.2) is 19.0 Å². The summed E-state index contributed by atoms with van der Waals surface area (Å²) in [6, 6.07) is 21.3. The Kier molecular flexibility index (Phi) is 6.56. The minimum atomic E-state index is -0.565. The Labute approximate surface area is 222 Å². The molecule has 0 aromatic heterocycles. The molecule has 6 nitrogen and oxygen atoms in total. The van der Waals surface area contributed by atoms with E-state index in [0.29, 0.717) is 16.9 Å². The number of benzene rings is 3. The van der Waals surface area contributed by atoms with Crippen LogP contribution in [0.5, 0.6) is 11.5 Å². The zero-order valence-electron chi connectivity index (χ0n) is 21.6. The van der Waals surface area contributed by atoms with Gasteiger partial charge in [-0.1, -0.05) is 30.3 Å². The van der Waals surface area contributed by atoms with Gasteiger partial charge in [-0.05, 0) is 110 Å². The molecule has 0 unspecified atom stereocenters. The van der Waals surface area contributed by atoms with E-state index in [9.17, 15) is 9.59 Å². The molecule has 0 amide bonds. The molecule has 4 saturated carbocycles. The van der Waals surface area contributed by atoms with E-state index in [1.807, 2.05) is 42.5 Å². The highest BCUT2D eigenvalue weighted by atomic mass is 17.2. The van der Waals surface area contributed by atoms with E-state index in [-0.39, 0.29) is 12.0 Å². The summed E-state index contributed by atoms with van der Waals surface area (Å²) in [5.74, 6) is 2.50. The number of ether oxygens (including phenoxy) is 2. The van der Waals surface area contributed by atoms with Crippen LogP contribution in [0.1, 0.15) is 70.4 Å². The van der Waals surface area contributed by atoms with Crippen LogP contribution >= 0.6 is 0 Å². The zero-order valence-corrected chi connectivity index (χ0v) is 21.6. The topological polar surface area (TPSA) is 71.1 Å². The molecule has 7 rings (SSSR count). The van der Waals surface area contributed by atoms with Gasteiger partial charge >= 0.3 is 11.9 Å². The predicted octanol–water partition coefficient (Wildman–Crippen LogP) is 6.67. The summed E-state index contributed by atoms with van der Waals surface area (Å²) in [6.45, 7) is 0.197. The molecule has 0 aliphatic heterocycles. The highest BCUT2D eigenvalue weighted by molar-refractivity contribution is 5.90. The fraction of sp³-hybridized carbons (Fsp3) is 0.375. The van der Waals surface area contributed by atoms with Gasteiger partial charge in [-0.25, -0.2) is 14.5 Å². The first-order valence-electron chi connectivity index (χ1n) is 13.4. The third kappa shape index (κ3) is 4.87. The van der Waals surface area contributed by atoms with Crippen molar-refractivity contribution >= 4 is 11.9 Å². The molecular weight excluding hydrogens is 480 g/mol. The summed E-state index contributed by atoms with van der Waals surface area (Å²) in [7, 11) is 1.70. The Morgan fingerprint density at radius 3 is 2.05 bits per heavy atom. The molecule has 4 aliphatic carbocycles. The van der Waals surface area contributed by atoms with Gasteiger partial charge in [0, 0.05) is 5.56 Å². The number of carbonyl (C=O) groups is 2. The van der Waals surface area contributed by atoms with Crippen molar-refractivity contribution in [2.24, 2.45) is 17.8 Å². The number of carbonyl (C=O) groups excluding carboxylic acids is 2. The molecule has 38 heavy (non-hydrogen) atoms. The van der Waals surface area contributed by atoms with Crippen molar-refractivity contribution in [2.75, 3.05) is 7.11 Å². The molecule has 0 saturated heterocycles. The van der Waals surface area contributed by atoms with E-state index in [0.717, 1.165) is 34.6 Å². The summed E-state index contributed by atoms with van der Waals surface area (Å²) < 4.78 is 11.1. The van der Waals surface area contributed by atoms with Gasteiger partial charge in [0.25, 0.3) is 0 Å². The minimum Gasteiger partial charge on any atom is -0.496 e. The van der Waals surface area contributed by atoms with Crippen LogP contribution in [0.15, 0.2) is 72.8 Å². The smallest absolute Gasteiger partial charge is 0.386 e. The lowest BCUT2D eigenvalue weighted by molar-refractivity contribution is -0.149. The first kappa shape index (κ1) is 24.5. The summed E-state index contributed by atoms with van der Waals surface area (Å²) in [5.41, 5.74) is 2.96. The lowest BCUT2D eigenvalue weighted by atomic mass is 9.48. The van der Waals surface area contributed by atoms with E-state index in [4.69, 9.17) is 19.2 Å². The van der Waals surface area contributed by atoms with Crippen LogP contribution in [0.25, 0.3) is 0 Å². The Bertz CT molecular complexity index is 1280. The summed E-state index contributed by atoms with van der Waals surface area (Å²) in [4.78, 5) is 35.7. The number of rotatable bonds is 8. The van der Waals surface area contributed by atoms with Crippen LogP contribution < -0.4 is 9.62 Å². The van der Waals surface area contributed by atoms with Crippen LogP contribution in [0, 0.1) is 17.8 Å². The van der Waals surface area contributed by atoms with E-state index in [1.54, 1.807) is 37.4 Å². The first-order chi connectivity index (χ1) is 18.5. The van der Waals surface area contributed by atoms with Crippen molar-refractivity contribution in [1.29, 1.82) is 0 Å². The number of hydrogen-bond donors (Lipinski definition) is 0. The molecule has 4 bridgehead atoms. The fourth-order valence-corrected chi connectivity index (χ4v) is 7.28. The molecule has 0 heterocycles. The van der Waals surface area contributed by atoms with E-state index in [2.05, 4.69) is 0 Å². The number of hydrogen-bond acceptors (Lipinski definition) is 6. The fourth-order valence-electron chi connectivity index (χ4n) is 7.28. The third-order valence-electron chi connectivity index (χ3n) is 8.56. The number of esters is 1. The van der Waals surface area contributed by atoms with Gasteiger partial charge in [0.1, 0.15) is 12.4 Å². The van der Waals surface area contributed by atoms with Gasteiger partial charge < -0.3 is 9.47 Å². The second-order valence-electron chi connectivity index (χ2n) is 11.2. The maximum Gasteiger partial charge on any atom is 0.386 e. The molecule has 4 fully saturated rings. The minimum absolute atomic E-state index is 0.0855. The average Bonchev–Trinajstić information content (AvgIpc) is 2.94. The van der Waals surface area contributed by atoms with Crippen molar-refractivity contribution in [3.8, 4) is 11.5 Å². The second kappa shape index (κ2) is 10.2. The first-order valence-corrected chi connectivity index (χ1v) is 13.4. The Morgan fingerprint density at radius 1 is 0.789 bits per heavy atom. The Morgan fingerprint density at radius 2 is 1.42 bits per heavy atom. The number of methoxy groups -OCH3 is 1. The lowest BCUT2D eigenvalue weighted by Crippen LogP contribution is -2.48. The van der Waals surface area contributed by atoms with Gasteiger partial charge in [0.15, 0.2) is 5.75 Å². The Balaban J connectivity index is 1.10. The maximum atomic E-state index is 12.9. The van der Waals surface area contributed by atoms with Crippen molar-refractivity contribution in [3.63, 3.8) is 0 Å². The van der Waals surface area contributed by atoms with E-state index in [1.165, 1.54) is 38.5 Å². The molecule has 3 aromatic carbocycles. The summed E-state index contributed by atoms with van der Waals surface area (Å²) in [5, 5.41) is 0. The van der Waals surface area contributed by atoms with Gasteiger partial charge in [0.05, 0.1) is 18.2 Å². The normalized spacial score (nSPS) is 25.0. The standard InChI is InChI=1S/C32H32O6/c1-35-29-12-9-26(16-28(29)32-17-22-13-23(18-32)15-24(14-22)19-32)31(34)38-37-27-10-7-25(8-11-27)30(33)36-20-21-5-3-2-4-6-21/h2-12,16,22-24H,13-15,17-20H2,1H3. The molecule has 0 radical (unpaired) electrons. The summed E-state index contributed by atoms with van der Waals surface area (Å²) >= 11 is 0. The average molecular weight is 513 g/mol. The van der Waals surface area contributed by atoms with Crippen LogP contribution in [0.4, 0.5) is 0 Å². The van der Waals surface area contributed by atoms with Crippen molar-refractivity contribution in [2.45, 2.75) is 50.5 Å². The molecule has 4 aliphatic rings. The molecular formula is C32H32O6. The molecule has 196 valence electrons. The monoisotopic (exact) mass is 512 g/mol. The molecule has 0 spiro atoms. The van der Waals surface area contributed by atoms with Crippen LogP contribution in [0.2, 0.25) is 0 Å². The van der Waals surface area contributed by atoms with Crippen LogP contribution in [-0.2, 0) is 21.6 Å². The van der Waals surface area contributed by atoms with Crippen molar-refractivity contribution < 1.29 is 28.8 Å².